The van der Waals surface area contributed by atoms with Crippen molar-refractivity contribution in [2.75, 3.05) is 16.8 Å². The molecule has 1 fully saturated rings. The molecular formula is C17H22N2O2. The van der Waals surface area contributed by atoms with E-state index in [1.165, 1.54) is 0 Å². The van der Waals surface area contributed by atoms with Crippen LogP contribution in [0.4, 0.5) is 11.4 Å². The Kier molecular flexibility index (Phi) is 4.46. The Morgan fingerprint density at radius 1 is 1.48 bits per heavy atom. The van der Waals surface area contributed by atoms with Gasteiger partial charge >= 0.3 is 0 Å². The van der Waals surface area contributed by atoms with Crippen molar-refractivity contribution >= 4 is 23.2 Å². The minimum absolute atomic E-state index is 0.0264. The molecule has 2 amide bonds. The average Bonchev–Trinajstić information content (AvgIpc) is 2.82. The van der Waals surface area contributed by atoms with Crippen LogP contribution in [-0.2, 0) is 9.59 Å². The molecule has 1 aromatic carbocycles. The second-order valence-electron chi connectivity index (χ2n) is 5.85. The number of anilines is 2. The Morgan fingerprint density at radius 3 is 2.76 bits per heavy atom. The van der Waals surface area contributed by atoms with Crippen LogP contribution in [0.15, 0.2) is 30.9 Å². The lowest BCUT2D eigenvalue weighted by Crippen LogP contribution is -2.25. The third-order valence-corrected chi connectivity index (χ3v) is 3.78. The van der Waals surface area contributed by atoms with Gasteiger partial charge in [-0.25, -0.2) is 0 Å². The zero-order valence-corrected chi connectivity index (χ0v) is 12.8. The van der Waals surface area contributed by atoms with Crippen LogP contribution in [-0.4, -0.2) is 18.4 Å². The van der Waals surface area contributed by atoms with Gasteiger partial charge in [-0.2, -0.15) is 0 Å². The zero-order chi connectivity index (χ0) is 15.6. The lowest BCUT2D eigenvalue weighted by Gasteiger charge is -2.20. The van der Waals surface area contributed by atoms with Crippen LogP contribution < -0.4 is 10.2 Å². The molecule has 1 aliphatic heterocycles. The number of nitrogens with one attached hydrogen (secondary N) is 1. The van der Waals surface area contributed by atoms with E-state index in [1.54, 1.807) is 4.90 Å². The molecule has 0 saturated carbocycles. The number of nitrogens with zero attached hydrogens (tertiary/aromatic N) is 1. The number of aryl methyl sites for hydroxylation is 1. The van der Waals surface area contributed by atoms with E-state index in [-0.39, 0.29) is 23.7 Å². The molecule has 0 bridgehead atoms. The van der Waals surface area contributed by atoms with Crippen LogP contribution in [0.2, 0.25) is 0 Å². The number of amides is 2. The molecule has 112 valence electrons. The van der Waals surface area contributed by atoms with Crippen molar-refractivity contribution in [3.05, 3.63) is 36.4 Å². The Labute approximate surface area is 125 Å². The number of hydrogen-bond donors (Lipinski definition) is 1. The van der Waals surface area contributed by atoms with Crippen molar-refractivity contribution in [3.8, 4) is 0 Å². The van der Waals surface area contributed by atoms with E-state index in [0.717, 1.165) is 16.9 Å². The van der Waals surface area contributed by atoms with Crippen molar-refractivity contribution in [3.63, 3.8) is 0 Å². The summed E-state index contributed by atoms with van der Waals surface area (Å²) in [6.45, 7) is 10.1. The summed E-state index contributed by atoms with van der Waals surface area (Å²) >= 11 is 0. The van der Waals surface area contributed by atoms with E-state index >= 15 is 0 Å². The normalized spacial score (nSPS) is 18.2. The highest BCUT2D eigenvalue weighted by molar-refractivity contribution is 5.98. The van der Waals surface area contributed by atoms with Crippen molar-refractivity contribution < 1.29 is 9.59 Å². The van der Waals surface area contributed by atoms with Gasteiger partial charge < -0.3 is 10.2 Å². The van der Waals surface area contributed by atoms with Gasteiger partial charge in [-0.1, -0.05) is 26.0 Å². The van der Waals surface area contributed by atoms with E-state index in [4.69, 9.17) is 0 Å². The minimum atomic E-state index is -0.0756. The van der Waals surface area contributed by atoms with Crippen LogP contribution >= 0.6 is 0 Å². The van der Waals surface area contributed by atoms with Crippen molar-refractivity contribution in [2.24, 2.45) is 11.8 Å². The third-order valence-electron chi connectivity index (χ3n) is 3.78. The summed E-state index contributed by atoms with van der Waals surface area (Å²) in [7, 11) is 0. The summed E-state index contributed by atoms with van der Waals surface area (Å²) in [4.78, 5) is 25.7. The largest absolute Gasteiger partial charge is 0.326 e. The molecule has 1 unspecified atom stereocenters. The van der Waals surface area contributed by atoms with E-state index in [1.807, 2.05) is 45.0 Å². The Bertz CT molecular complexity index is 578. The smallest absolute Gasteiger partial charge is 0.227 e. The lowest BCUT2D eigenvalue weighted by molar-refractivity contribution is -0.119. The summed E-state index contributed by atoms with van der Waals surface area (Å²) in [5.41, 5.74) is 2.62. The van der Waals surface area contributed by atoms with Crippen molar-refractivity contribution in [1.29, 1.82) is 0 Å². The van der Waals surface area contributed by atoms with Crippen molar-refractivity contribution in [2.45, 2.75) is 27.2 Å². The Hall–Kier alpha value is -2.10. The SMILES string of the molecule is C=CC1CC(=O)N(c2cc(NC(=O)C(C)C)ccc2C)C1. The first kappa shape index (κ1) is 15.3. The first-order valence-electron chi connectivity index (χ1n) is 7.26. The standard InChI is InChI=1S/C17H22N2O2/c1-5-13-8-16(20)19(10-13)15-9-14(7-6-12(15)4)18-17(21)11(2)3/h5-7,9,11,13H,1,8,10H2,2-4H3,(H,18,21). The molecule has 21 heavy (non-hydrogen) atoms. The summed E-state index contributed by atoms with van der Waals surface area (Å²) in [6, 6.07) is 5.67. The number of rotatable bonds is 4. The summed E-state index contributed by atoms with van der Waals surface area (Å²) in [6.07, 6.45) is 2.34. The number of carbonyl (C=O) groups excluding carboxylic acids is 2. The lowest BCUT2D eigenvalue weighted by atomic mass is 10.1. The molecule has 4 nitrogen and oxygen atoms in total. The molecule has 1 saturated heterocycles. The maximum Gasteiger partial charge on any atom is 0.227 e. The van der Waals surface area contributed by atoms with Gasteiger partial charge in [0.1, 0.15) is 0 Å². The predicted octanol–water partition coefficient (Wildman–Crippen LogP) is 3.13. The molecule has 2 rings (SSSR count). The van der Waals surface area contributed by atoms with Crippen LogP contribution in [0, 0.1) is 18.8 Å². The molecule has 0 aliphatic carbocycles. The second kappa shape index (κ2) is 6.12. The molecule has 1 atom stereocenters. The minimum Gasteiger partial charge on any atom is -0.326 e. The molecule has 1 heterocycles. The van der Waals surface area contributed by atoms with E-state index < -0.39 is 0 Å². The van der Waals surface area contributed by atoms with E-state index in [0.29, 0.717) is 13.0 Å². The molecule has 1 N–H and O–H groups in total. The fourth-order valence-corrected chi connectivity index (χ4v) is 2.39. The van der Waals surface area contributed by atoms with Gasteiger partial charge in [0.05, 0.1) is 0 Å². The molecule has 0 spiro atoms. The molecule has 4 heteroatoms. The third kappa shape index (κ3) is 3.32. The van der Waals surface area contributed by atoms with Crippen LogP contribution in [0.3, 0.4) is 0 Å². The van der Waals surface area contributed by atoms with Gasteiger partial charge in [0, 0.05) is 36.2 Å². The molecule has 0 aromatic heterocycles. The fourth-order valence-electron chi connectivity index (χ4n) is 2.39. The predicted molar refractivity (Wildman–Crippen MR) is 85.3 cm³/mol. The first-order valence-corrected chi connectivity index (χ1v) is 7.26. The number of benzene rings is 1. The fraction of sp³-hybridized carbons (Fsp3) is 0.412. The van der Waals surface area contributed by atoms with Gasteiger partial charge in [-0.15, -0.1) is 6.58 Å². The Balaban J connectivity index is 2.25. The van der Waals surface area contributed by atoms with Gasteiger partial charge in [0.15, 0.2) is 0 Å². The van der Waals surface area contributed by atoms with Gasteiger partial charge in [-0.3, -0.25) is 9.59 Å². The highest BCUT2D eigenvalue weighted by Crippen LogP contribution is 2.30. The topological polar surface area (TPSA) is 49.4 Å². The van der Waals surface area contributed by atoms with Crippen LogP contribution in [0.25, 0.3) is 0 Å². The zero-order valence-electron chi connectivity index (χ0n) is 12.8. The van der Waals surface area contributed by atoms with Crippen LogP contribution in [0.1, 0.15) is 25.8 Å². The van der Waals surface area contributed by atoms with Gasteiger partial charge in [0.25, 0.3) is 0 Å². The van der Waals surface area contributed by atoms with Gasteiger partial charge in [0.2, 0.25) is 11.8 Å². The molecular weight excluding hydrogens is 264 g/mol. The molecule has 1 aliphatic rings. The Morgan fingerprint density at radius 2 is 2.19 bits per heavy atom. The number of hydrogen-bond acceptors (Lipinski definition) is 2. The number of carbonyl (C=O) groups is 2. The second-order valence-corrected chi connectivity index (χ2v) is 5.85. The monoisotopic (exact) mass is 286 g/mol. The highest BCUT2D eigenvalue weighted by Gasteiger charge is 2.29. The molecule has 1 aromatic rings. The van der Waals surface area contributed by atoms with E-state index in [9.17, 15) is 9.59 Å². The summed E-state index contributed by atoms with van der Waals surface area (Å²) in [5, 5.41) is 2.88. The van der Waals surface area contributed by atoms with Gasteiger partial charge in [-0.05, 0) is 24.6 Å². The quantitative estimate of drug-likeness (QED) is 0.864. The first-order chi connectivity index (χ1) is 9.92. The molecule has 0 radical (unpaired) electrons. The maximum atomic E-state index is 12.1. The summed E-state index contributed by atoms with van der Waals surface area (Å²) < 4.78 is 0. The summed E-state index contributed by atoms with van der Waals surface area (Å²) in [5.74, 6) is 0.205. The van der Waals surface area contributed by atoms with Crippen molar-refractivity contribution in [1.82, 2.24) is 0 Å². The van der Waals surface area contributed by atoms with E-state index in [2.05, 4.69) is 11.9 Å². The maximum absolute atomic E-state index is 12.1. The van der Waals surface area contributed by atoms with Crippen LogP contribution in [0.5, 0.6) is 0 Å². The highest BCUT2D eigenvalue weighted by atomic mass is 16.2. The average molecular weight is 286 g/mol.